The van der Waals surface area contributed by atoms with Crippen LogP contribution >= 0.6 is 11.8 Å². The molecule has 0 radical (unpaired) electrons. The van der Waals surface area contributed by atoms with Crippen LogP contribution in [0.25, 0.3) is 0 Å². The van der Waals surface area contributed by atoms with E-state index in [1.54, 1.807) is 18.9 Å². The molecule has 26 heavy (non-hydrogen) atoms. The van der Waals surface area contributed by atoms with Crippen LogP contribution < -0.4 is 10.3 Å². The van der Waals surface area contributed by atoms with Gasteiger partial charge in [0.15, 0.2) is 5.16 Å². The highest BCUT2D eigenvalue weighted by Gasteiger charge is 2.09. The molecule has 0 aliphatic rings. The molecule has 4 nitrogen and oxygen atoms in total. The maximum absolute atomic E-state index is 12.4. The Labute approximate surface area is 157 Å². The molecule has 0 fully saturated rings. The zero-order chi connectivity index (χ0) is 18.4. The summed E-state index contributed by atoms with van der Waals surface area (Å²) in [5, 5.41) is 0.679. The highest BCUT2D eigenvalue weighted by atomic mass is 32.2. The average Bonchev–Trinajstić information content (AvgIpc) is 2.66. The van der Waals surface area contributed by atoms with Gasteiger partial charge in [-0.15, -0.1) is 0 Å². The lowest BCUT2D eigenvalue weighted by Crippen LogP contribution is -2.17. The Morgan fingerprint density at radius 1 is 1.04 bits per heavy atom. The molecule has 0 amide bonds. The van der Waals surface area contributed by atoms with Gasteiger partial charge in [-0.2, -0.15) is 0 Å². The van der Waals surface area contributed by atoms with E-state index in [-0.39, 0.29) is 5.56 Å². The lowest BCUT2D eigenvalue weighted by molar-refractivity contribution is 0.414. The van der Waals surface area contributed by atoms with Crippen molar-refractivity contribution >= 4 is 11.8 Å². The number of nitrogens with zero attached hydrogens (tertiary/aromatic N) is 1. The zero-order valence-corrected chi connectivity index (χ0v) is 15.8. The molecule has 0 saturated carbocycles. The lowest BCUT2D eigenvalue weighted by atomic mass is 10.1. The first-order chi connectivity index (χ1) is 12.7. The fourth-order valence-electron chi connectivity index (χ4n) is 2.72. The molecule has 0 unspecified atom stereocenters. The summed E-state index contributed by atoms with van der Waals surface area (Å²) in [6.45, 7) is 1.90. The number of H-pyrrole nitrogens is 1. The minimum absolute atomic E-state index is 0.0479. The maximum Gasteiger partial charge on any atom is 0.255 e. The Morgan fingerprint density at radius 3 is 2.42 bits per heavy atom. The number of aromatic amines is 1. The first-order valence-corrected chi connectivity index (χ1v) is 9.53. The van der Waals surface area contributed by atoms with Crippen LogP contribution in [-0.2, 0) is 12.8 Å². The quantitative estimate of drug-likeness (QED) is 0.507. The number of hydrogen-bond donors (Lipinski definition) is 1. The third-order valence-corrected chi connectivity index (χ3v) is 5.09. The summed E-state index contributed by atoms with van der Waals surface area (Å²) in [5.74, 6) is 1.71. The zero-order valence-electron chi connectivity index (χ0n) is 15.0. The predicted molar refractivity (Wildman–Crippen MR) is 106 cm³/mol. The van der Waals surface area contributed by atoms with E-state index in [0.29, 0.717) is 11.6 Å². The number of thioether (sulfide) groups is 1. The second kappa shape index (κ2) is 8.72. The highest BCUT2D eigenvalue weighted by Crippen LogP contribution is 2.18. The van der Waals surface area contributed by atoms with Gasteiger partial charge in [0.25, 0.3) is 5.56 Å². The Morgan fingerprint density at radius 2 is 1.77 bits per heavy atom. The molecule has 3 rings (SSSR count). The van der Waals surface area contributed by atoms with Gasteiger partial charge in [-0.3, -0.25) is 4.79 Å². The lowest BCUT2D eigenvalue weighted by Gasteiger charge is -2.08. The van der Waals surface area contributed by atoms with Crippen molar-refractivity contribution in [1.82, 2.24) is 9.97 Å². The molecule has 1 N–H and O–H groups in total. The molecule has 3 aromatic rings. The molecular weight excluding hydrogens is 344 g/mol. The van der Waals surface area contributed by atoms with Crippen molar-refractivity contribution in [3.8, 4) is 5.75 Å². The van der Waals surface area contributed by atoms with Crippen molar-refractivity contribution in [2.75, 3.05) is 12.9 Å². The third-order valence-electron chi connectivity index (χ3n) is 4.21. The predicted octanol–water partition coefficient (Wildman–Crippen LogP) is 4.01. The summed E-state index contributed by atoms with van der Waals surface area (Å²) in [4.78, 5) is 19.9. The Kier molecular flexibility index (Phi) is 6.12. The largest absolute Gasteiger partial charge is 0.497 e. The molecule has 0 aliphatic heterocycles. The van der Waals surface area contributed by atoms with Crippen molar-refractivity contribution in [3.05, 3.63) is 87.3 Å². The Hall–Kier alpha value is -2.53. The standard InChI is InChI=1S/C21H22N2O2S/c1-15-19(14-17-6-4-3-5-7-17)20(24)23-21(22-15)26-13-12-16-8-10-18(25-2)11-9-16/h3-11H,12-14H2,1-2H3,(H,22,23,24). The summed E-state index contributed by atoms with van der Waals surface area (Å²) < 4.78 is 5.17. The van der Waals surface area contributed by atoms with E-state index in [2.05, 4.69) is 22.1 Å². The van der Waals surface area contributed by atoms with Gasteiger partial charge < -0.3 is 9.72 Å². The third kappa shape index (κ3) is 4.76. The van der Waals surface area contributed by atoms with Crippen LogP contribution in [-0.4, -0.2) is 22.8 Å². The Bertz CT molecular complexity index is 906. The molecule has 5 heteroatoms. The second-order valence-corrected chi connectivity index (χ2v) is 7.13. The number of aromatic nitrogens is 2. The van der Waals surface area contributed by atoms with Gasteiger partial charge >= 0.3 is 0 Å². The van der Waals surface area contributed by atoms with Crippen molar-refractivity contribution < 1.29 is 4.74 Å². The van der Waals surface area contributed by atoms with Crippen LogP contribution in [0.15, 0.2) is 64.5 Å². The topological polar surface area (TPSA) is 55.0 Å². The van der Waals surface area contributed by atoms with Crippen LogP contribution in [0.3, 0.4) is 0 Å². The van der Waals surface area contributed by atoms with E-state index < -0.39 is 0 Å². The van der Waals surface area contributed by atoms with E-state index in [1.807, 2.05) is 49.4 Å². The van der Waals surface area contributed by atoms with E-state index >= 15 is 0 Å². The molecule has 2 aromatic carbocycles. The molecule has 134 valence electrons. The van der Waals surface area contributed by atoms with Crippen molar-refractivity contribution in [2.24, 2.45) is 0 Å². The fraction of sp³-hybridized carbons (Fsp3) is 0.238. The van der Waals surface area contributed by atoms with Gasteiger partial charge in [-0.25, -0.2) is 4.98 Å². The van der Waals surface area contributed by atoms with E-state index in [4.69, 9.17) is 4.74 Å². The fourth-order valence-corrected chi connectivity index (χ4v) is 3.62. The molecule has 1 aromatic heterocycles. The van der Waals surface area contributed by atoms with Crippen LogP contribution in [0.2, 0.25) is 0 Å². The first-order valence-electron chi connectivity index (χ1n) is 8.55. The minimum Gasteiger partial charge on any atom is -0.497 e. The summed E-state index contributed by atoms with van der Waals surface area (Å²) in [6.07, 6.45) is 1.51. The molecule has 0 saturated heterocycles. The van der Waals surface area contributed by atoms with E-state index in [0.717, 1.165) is 34.7 Å². The number of benzene rings is 2. The smallest absolute Gasteiger partial charge is 0.255 e. The summed E-state index contributed by atoms with van der Waals surface area (Å²) in [6, 6.07) is 18.0. The monoisotopic (exact) mass is 366 g/mol. The van der Waals surface area contributed by atoms with Gasteiger partial charge in [-0.1, -0.05) is 54.2 Å². The van der Waals surface area contributed by atoms with E-state index in [1.165, 1.54) is 5.56 Å². The van der Waals surface area contributed by atoms with Gasteiger partial charge in [0, 0.05) is 23.4 Å². The van der Waals surface area contributed by atoms with Gasteiger partial charge in [0.05, 0.1) is 7.11 Å². The van der Waals surface area contributed by atoms with Crippen LogP contribution in [0.5, 0.6) is 5.75 Å². The minimum atomic E-state index is -0.0479. The van der Waals surface area contributed by atoms with Gasteiger partial charge in [0.2, 0.25) is 0 Å². The normalized spacial score (nSPS) is 10.7. The van der Waals surface area contributed by atoms with Crippen LogP contribution in [0.4, 0.5) is 0 Å². The van der Waals surface area contributed by atoms with Crippen LogP contribution in [0, 0.1) is 6.92 Å². The van der Waals surface area contributed by atoms with Gasteiger partial charge in [-0.05, 0) is 36.6 Å². The Balaban J connectivity index is 1.63. The maximum atomic E-state index is 12.4. The second-order valence-electron chi connectivity index (χ2n) is 6.04. The van der Waals surface area contributed by atoms with Gasteiger partial charge in [0.1, 0.15) is 5.75 Å². The molecule has 0 bridgehead atoms. The number of aryl methyl sites for hydroxylation is 2. The summed E-state index contributed by atoms with van der Waals surface area (Å²) >= 11 is 1.57. The van der Waals surface area contributed by atoms with Crippen molar-refractivity contribution in [2.45, 2.75) is 24.9 Å². The summed E-state index contributed by atoms with van der Waals surface area (Å²) in [5.41, 5.74) is 3.83. The first kappa shape index (κ1) is 18.3. The van der Waals surface area contributed by atoms with Crippen molar-refractivity contribution in [1.29, 1.82) is 0 Å². The molecule has 0 aliphatic carbocycles. The highest BCUT2D eigenvalue weighted by molar-refractivity contribution is 7.99. The SMILES string of the molecule is COc1ccc(CCSc2nc(C)c(Cc3ccccc3)c(=O)[nH]2)cc1. The number of nitrogens with one attached hydrogen (secondary N) is 1. The summed E-state index contributed by atoms with van der Waals surface area (Å²) in [7, 11) is 1.66. The van der Waals surface area contributed by atoms with Crippen molar-refractivity contribution in [3.63, 3.8) is 0 Å². The number of hydrogen-bond acceptors (Lipinski definition) is 4. The number of rotatable bonds is 7. The average molecular weight is 366 g/mol. The molecule has 0 atom stereocenters. The molecule has 1 heterocycles. The van der Waals surface area contributed by atoms with E-state index in [9.17, 15) is 4.79 Å². The number of ether oxygens (including phenoxy) is 1. The van der Waals surface area contributed by atoms with Crippen LogP contribution in [0.1, 0.15) is 22.4 Å². The number of methoxy groups -OCH3 is 1. The molecular formula is C21H22N2O2S. The molecule has 0 spiro atoms.